The van der Waals surface area contributed by atoms with Crippen LogP contribution in [0.2, 0.25) is 0 Å². The van der Waals surface area contributed by atoms with Gasteiger partial charge in [-0.15, -0.1) is 0 Å². The van der Waals surface area contributed by atoms with Crippen LogP contribution in [-0.4, -0.2) is 56.0 Å². The molecule has 0 aromatic carbocycles. The molecular weight excluding hydrogens is 350 g/mol. The van der Waals surface area contributed by atoms with Crippen LogP contribution in [0.3, 0.4) is 0 Å². The smallest absolute Gasteiger partial charge is 0.305 e. The number of aliphatic hydroxyl groups excluding tert-OH is 1. The van der Waals surface area contributed by atoms with E-state index in [1.165, 1.54) is 70.6 Å². The SMILES string of the molecule is CCCCCCCC/C=C\CCCCCCCC(=O)OCC[N+](C)(C)CCO. The monoisotopic (exact) mass is 398 g/mol. The number of unbranched alkanes of at least 4 members (excludes halogenated alkanes) is 11. The fraction of sp³-hybridized carbons (Fsp3) is 0.875. The third kappa shape index (κ3) is 19.9. The number of aliphatic hydroxyl groups is 1. The first kappa shape index (κ1) is 27.1. The van der Waals surface area contributed by atoms with Gasteiger partial charge in [-0.25, -0.2) is 0 Å². The van der Waals surface area contributed by atoms with E-state index >= 15 is 0 Å². The molecule has 0 aromatic heterocycles. The summed E-state index contributed by atoms with van der Waals surface area (Å²) in [7, 11) is 4.07. The van der Waals surface area contributed by atoms with Crippen molar-refractivity contribution < 1.29 is 19.1 Å². The third-order valence-corrected chi connectivity index (χ3v) is 5.31. The van der Waals surface area contributed by atoms with Gasteiger partial charge >= 0.3 is 5.97 Å². The summed E-state index contributed by atoms with van der Waals surface area (Å²) in [6.45, 7) is 4.30. The minimum atomic E-state index is -0.0818. The predicted molar refractivity (Wildman–Crippen MR) is 119 cm³/mol. The van der Waals surface area contributed by atoms with Gasteiger partial charge in [0.1, 0.15) is 19.7 Å². The molecule has 0 aliphatic rings. The van der Waals surface area contributed by atoms with Gasteiger partial charge in [0.25, 0.3) is 0 Å². The van der Waals surface area contributed by atoms with E-state index < -0.39 is 0 Å². The number of ether oxygens (including phenoxy) is 1. The Bertz CT molecular complexity index is 380. The Labute approximate surface area is 174 Å². The quantitative estimate of drug-likeness (QED) is 0.125. The molecule has 0 aliphatic heterocycles. The van der Waals surface area contributed by atoms with Crippen molar-refractivity contribution in [1.82, 2.24) is 0 Å². The number of esters is 1. The maximum absolute atomic E-state index is 11.7. The lowest BCUT2D eigenvalue weighted by Crippen LogP contribution is -2.44. The number of likely N-dealkylation sites (N-methyl/N-ethyl adjacent to an activating group) is 1. The van der Waals surface area contributed by atoms with Crippen molar-refractivity contribution in [2.24, 2.45) is 0 Å². The van der Waals surface area contributed by atoms with Crippen molar-refractivity contribution in [1.29, 1.82) is 0 Å². The lowest BCUT2D eigenvalue weighted by atomic mass is 10.1. The lowest BCUT2D eigenvalue weighted by molar-refractivity contribution is -0.890. The number of rotatable bonds is 20. The molecule has 1 N–H and O–H groups in total. The zero-order valence-electron chi connectivity index (χ0n) is 19.1. The average molecular weight is 399 g/mol. The lowest BCUT2D eigenvalue weighted by Gasteiger charge is -2.28. The first-order chi connectivity index (χ1) is 13.5. The van der Waals surface area contributed by atoms with E-state index in [-0.39, 0.29) is 12.6 Å². The first-order valence-corrected chi connectivity index (χ1v) is 11.8. The van der Waals surface area contributed by atoms with Gasteiger partial charge in [-0.1, -0.05) is 70.4 Å². The summed E-state index contributed by atoms with van der Waals surface area (Å²) in [6, 6.07) is 0. The average Bonchev–Trinajstić information content (AvgIpc) is 2.64. The highest BCUT2D eigenvalue weighted by Crippen LogP contribution is 2.10. The molecule has 28 heavy (non-hydrogen) atoms. The van der Waals surface area contributed by atoms with Gasteiger partial charge in [0, 0.05) is 6.42 Å². The summed E-state index contributed by atoms with van der Waals surface area (Å²) in [5.74, 6) is -0.0818. The fourth-order valence-electron chi connectivity index (χ4n) is 3.20. The normalized spacial score (nSPS) is 12.0. The molecule has 0 saturated heterocycles. The van der Waals surface area contributed by atoms with E-state index in [9.17, 15) is 4.79 Å². The molecule has 0 aliphatic carbocycles. The molecule has 0 atom stereocenters. The minimum Gasteiger partial charge on any atom is -0.460 e. The van der Waals surface area contributed by atoms with Crippen molar-refractivity contribution >= 4 is 5.97 Å². The zero-order valence-corrected chi connectivity index (χ0v) is 19.1. The highest BCUT2D eigenvalue weighted by atomic mass is 16.5. The summed E-state index contributed by atoms with van der Waals surface area (Å²) >= 11 is 0. The molecule has 0 saturated carbocycles. The maximum atomic E-state index is 11.7. The van der Waals surface area contributed by atoms with Crippen LogP contribution in [0.1, 0.15) is 96.8 Å². The van der Waals surface area contributed by atoms with Crippen molar-refractivity contribution in [3.63, 3.8) is 0 Å². The number of quaternary nitrogens is 1. The molecule has 0 aromatic rings. The van der Waals surface area contributed by atoms with Crippen molar-refractivity contribution in [3.05, 3.63) is 12.2 Å². The van der Waals surface area contributed by atoms with Crippen LogP contribution in [0, 0.1) is 0 Å². The van der Waals surface area contributed by atoms with Gasteiger partial charge in [0.15, 0.2) is 0 Å². The standard InChI is InChI=1S/C24H48NO3/c1-4-5-6-7-8-9-10-11-12-13-14-15-16-17-18-19-24(27)28-23-21-25(2,3)20-22-26/h11-12,26H,4-10,13-23H2,1-3H3/q+1/b12-11-. The summed E-state index contributed by atoms with van der Waals surface area (Å²) in [5.41, 5.74) is 0. The van der Waals surface area contributed by atoms with E-state index in [0.29, 0.717) is 24.1 Å². The van der Waals surface area contributed by atoms with Crippen LogP contribution >= 0.6 is 0 Å². The van der Waals surface area contributed by atoms with E-state index in [4.69, 9.17) is 9.84 Å². The van der Waals surface area contributed by atoms with Crippen LogP contribution in [0.4, 0.5) is 0 Å². The first-order valence-electron chi connectivity index (χ1n) is 11.8. The molecule has 0 fully saturated rings. The molecule has 4 heteroatoms. The molecule has 0 radical (unpaired) electrons. The summed E-state index contributed by atoms with van der Waals surface area (Å²) in [5, 5.41) is 8.99. The molecule has 0 heterocycles. The highest BCUT2D eigenvalue weighted by molar-refractivity contribution is 5.69. The number of carbonyl (C=O) groups excluding carboxylic acids is 1. The molecule has 166 valence electrons. The van der Waals surface area contributed by atoms with E-state index in [1.54, 1.807) is 0 Å². The van der Waals surface area contributed by atoms with Crippen LogP contribution in [0.25, 0.3) is 0 Å². The van der Waals surface area contributed by atoms with Gasteiger partial charge in [0.05, 0.1) is 20.7 Å². The predicted octanol–water partition coefficient (Wildman–Crippen LogP) is 5.64. The van der Waals surface area contributed by atoms with Gasteiger partial charge < -0.3 is 14.3 Å². The topological polar surface area (TPSA) is 46.5 Å². The Morgan fingerprint density at radius 3 is 1.93 bits per heavy atom. The zero-order chi connectivity index (χ0) is 20.9. The third-order valence-electron chi connectivity index (χ3n) is 5.31. The van der Waals surface area contributed by atoms with Crippen LogP contribution in [0.5, 0.6) is 0 Å². The molecule has 0 amide bonds. The van der Waals surface area contributed by atoms with Crippen molar-refractivity contribution in [3.8, 4) is 0 Å². The number of hydrogen-bond donors (Lipinski definition) is 1. The molecule has 0 spiro atoms. The van der Waals surface area contributed by atoms with E-state index in [1.807, 2.05) is 14.1 Å². The number of nitrogens with zero attached hydrogens (tertiary/aromatic N) is 1. The van der Waals surface area contributed by atoms with Crippen molar-refractivity contribution in [2.45, 2.75) is 96.8 Å². The molecular formula is C24H48NO3+. The van der Waals surface area contributed by atoms with Crippen LogP contribution in [0.15, 0.2) is 12.2 Å². The Balaban J connectivity index is 3.34. The van der Waals surface area contributed by atoms with Gasteiger partial charge in [0.2, 0.25) is 0 Å². The second kappa shape index (κ2) is 19.4. The maximum Gasteiger partial charge on any atom is 0.305 e. The number of hydrogen-bond acceptors (Lipinski definition) is 3. The Kier molecular flexibility index (Phi) is 18.8. The molecule has 0 unspecified atom stereocenters. The Hall–Kier alpha value is -0.870. The second-order valence-electron chi connectivity index (χ2n) is 8.66. The minimum absolute atomic E-state index is 0.0818. The molecule has 0 rings (SSSR count). The van der Waals surface area contributed by atoms with Crippen LogP contribution in [-0.2, 0) is 9.53 Å². The van der Waals surface area contributed by atoms with Gasteiger partial charge in [-0.2, -0.15) is 0 Å². The van der Waals surface area contributed by atoms with Crippen LogP contribution < -0.4 is 0 Å². The Morgan fingerprint density at radius 1 is 0.821 bits per heavy atom. The molecule has 0 bridgehead atoms. The second-order valence-corrected chi connectivity index (χ2v) is 8.66. The number of allylic oxidation sites excluding steroid dienone is 2. The van der Waals surface area contributed by atoms with E-state index in [0.717, 1.165) is 19.4 Å². The van der Waals surface area contributed by atoms with Gasteiger partial charge in [-0.3, -0.25) is 4.79 Å². The summed E-state index contributed by atoms with van der Waals surface area (Å²) in [4.78, 5) is 11.7. The highest BCUT2D eigenvalue weighted by Gasteiger charge is 2.14. The Morgan fingerprint density at radius 2 is 1.36 bits per heavy atom. The van der Waals surface area contributed by atoms with E-state index in [2.05, 4.69) is 19.1 Å². The fourth-order valence-corrected chi connectivity index (χ4v) is 3.20. The largest absolute Gasteiger partial charge is 0.460 e. The summed E-state index contributed by atoms with van der Waals surface area (Å²) in [6.07, 6.45) is 21.7. The van der Waals surface area contributed by atoms with Gasteiger partial charge in [-0.05, 0) is 32.1 Å². The summed E-state index contributed by atoms with van der Waals surface area (Å²) < 4.78 is 5.98. The van der Waals surface area contributed by atoms with Crippen molar-refractivity contribution in [2.75, 3.05) is 40.4 Å². The molecule has 4 nitrogen and oxygen atoms in total. The number of carbonyl (C=O) groups is 1.